The highest BCUT2D eigenvalue weighted by Gasteiger charge is 2.55. The summed E-state index contributed by atoms with van der Waals surface area (Å²) in [5.74, 6) is 0.855. The maximum atomic E-state index is 12.2. The number of thioether (sulfide) groups is 1. The van der Waals surface area contributed by atoms with Crippen molar-refractivity contribution in [2.24, 2.45) is 17.8 Å². The summed E-state index contributed by atoms with van der Waals surface area (Å²) in [7, 11) is 0. The van der Waals surface area contributed by atoms with Gasteiger partial charge in [0.1, 0.15) is 0 Å². The third kappa shape index (κ3) is 3.33. The molecule has 1 saturated carbocycles. The lowest BCUT2D eigenvalue weighted by Crippen LogP contribution is -2.45. The Labute approximate surface area is 161 Å². The standard InChI is InChI=1S/C22H31NO2S/c1-13(2)15-12-11-14(3)18-19(15)26-20(21(24)25)23(18)17-10-8-7-9-16(17)22(4,5)6/h7-10,13-15,18-19H,11-12H2,1-6H3/p+1. The third-order valence-corrected chi connectivity index (χ3v) is 7.57. The molecule has 4 heteroatoms. The van der Waals surface area contributed by atoms with Gasteiger partial charge in [-0.05, 0) is 41.9 Å². The Kier molecular flexibility index (Phi) is 5.26. The molecule has 0 saturated heterocycles. The first kappa shape index (κ1) is 19.5. The molecule has 4 atom stereocenters. The lowest BCUT2D eigenvalue weighted by Gasteiger charge is -2.37. The van der Waals surface area contributed by atoms with Gasteiger partial charge in [-0.15, -0.1) is 0 Å². The van der Waals surface area contributed by atoms with Crippen molar-refractivity contribution in [3.8, 4) is 0 Å². The molecule has 3 rings (SSSR count). The number of carboxylic acid groups (broad SMARTS) is 1. The van der Waals surface area contributed by atoms with Crippen LogP contribution in [0.5, 0.6) is 0 Å². The van der Waals surface area contributed by atoms with Crippen molar-refractivity contribution < 1.29 is 14.5 Å². The van der Waals surface area contributed by atoms with Crippen molar-refractivity contribution in [3.05, 3.63) is 29.8 Å². The molecule has 1 N–H and O–H groups in total. The number of carbonyl (C=O) groups is 1. The van der Waals surface area contributed by atoms with E-state index in [9.17, 15) is 9.90 Å². The maximum Gasteiger partial charge on any atom is 0.408 e. The van der Waals surface area contributed by atoms with Gasteiger partial charge in [-0.3, -0.25) is 0 Å². The minimum Gasteiger partial charge on any atom is -0.473 e. The number of benzene rings is 1. The molecule has 0 radical (unpaired) electrons. The van der Waals surface area contributed by atoms with E-state index in [0.717, 1.165) is 5.69 Å². The van der Waals surface area contributed by atoms with Gasteiger partial charge in [0.15, 0.2) is 6.04 Å². The number of nitrogens with zero attached hydrogens (tertiary/aromatic N) is 1. The lowest BCUT2D eigenvalue weighted by atomic mass is 9.73. The predicted molar refractivity (Wildman–Crippen MR) is 110 cm³/mol. The van der Waals surface area contributed by atoms with Crippen LogP contribution in [0.4, 0.5) is 5.69 Å². The number of para-hydroxylation sites is 1. The fourth-order valence-electron chi connectivity index (χ4n) is 4.70. The molecule has 0 spiro atoms. The van der Waals surface area contributed by atoms with E-state index in [1.54, 1.807) is 11.8 Å². The molecule has 0 bridgehead atoms. The van der Waals surface area contributed by atoms with Gasteiger partial charge in [0.2, 0.25) is 5.69 Å². The molecule has 0 amide bonds. The highest BCUT2D eigenvalue weighted by Crippen LogP contribution is 2.48. The zero-order valence-corrected chi connectivity index (χ0v) is 17.6. The first-order chi connectivity index (χ1) is 12.1. The van der Waals surface area contributed by atoms with Crippen LogP contribution in [0.3, 0.4) is 0 Å². The molecular formula is C22H32NO2S+. The number of aliphatic carboxylic acids is 1. The van der Waals surface area contributed by atoms with Crippen molar-refractivity contribution in [1.82, 2.24) is 0 Å². The molecule has 1 heterocycles. The molecule has 1 fully saturated rings. The van der Waals surface area contributed by atoms with E-state index in [4.69, 9.17) is 0 Å². The Balaban J connectivity index is 2.18. The SMILES string of the molecule is CC(C)C1CCC(C)C2C1SC(C(=O)O)=[N+]2c1ccccc1C(C)(C)C. The molecule has 1 aliphatic carbocycles. The van der Waals surface area contributed by atoms with Crippen molar-refractivity contribution in [3.63, 3.8) is 0 Å². The van der Waals surface area contributed by atoms with Crippen LogP contribution in [0, 0.1) is 17.8 Å². The Morgan fingerprint density at radius 1 is 1.23 bits per heavy atom. The van der Waals surface area contributed by atoms with Gasteiger partial charge in [0, 0.05) is 17.5 Å². The molecule has 1 aliphatic heterocycles. The average Bonchev–Trinajstić information content (AvgIpc) is 2.95. The Hall–Kier alpha value is -1.29. The van der Waals surface area contributed by atoms with E-state index in [1.165, 1.54) is 18.4 Å². The van der Waals surface area contributed by atoms with Crippen LogP contribution in [0.15, 0.2) is 24.3 Å². The summed E-state index contributed by atoms with van der Waals surface area (Å²) in [6.45, 7) is 13.5. The Morgan fingerprint density at radius 2 is 1.88 bits per heavy atom. The molecule has 4 unspecified atom stereocenters. The Morgan fingerprint density at radius 3 is 2.46 bits per heavy atom. The minimum absolute atomic E-state index is 0.0295. The van der Waals surface area contributed by atoms with Crippen molar-refractivity contribution in [2.75, 3.05) is 0 Å². The fraction of sp³-hybridized carbons (Fsp3) is 0.636. The summed E-state index contributed by atoms with van der Waals surface area (Å²) in [5, 5.41) is 10.9. The molecule has 1 aromatic rings. The number of carboxylic acids is 1. The lowest BCUT2D eigenvalue weighted by molar-refractivity contribution is -0.493. The molecule has 1 aromatic carbocycles. The van der Waals surface area contributed by atoms with Gasteiger partial charge >= 0.3 is 11.0 Å². The van der Waals surface area contributed by atoms with Crippen molar-refractivity contribution in [2.45, 2.75) is 71.1 Å². The maximum absolute atomic E-state index is 12.2. The fourth-order valence-corrected chi connectivity index (χ4v) is 6.55. The topological polar surface area (TPSA) is 40.3 Å². The van der Waals surface area contributed by atoms with Crippen LogP contribution in [0.25, 0.3) is 0 Å². The number of fused-ring (bicyclic) bond motifs is 1. The first-order valence-corrected chi connectivity index (χ1v) is 10.7. The zero-order valence-electron chi connectivity index (χ0n) is 16.8. The monoisotopic (exact) mass is 374 g/mol. The molecular weight excluding hydrogens is 342 g/mol. The van der Waals surface area contributed by atoms with Crippen LogP contribution in [0.1, 0.15) is 59.9 Å². The van der Waals surface area contributed by atoms with Gasteiger partial charge in [-0.1, -0.05) is 59.7 Å². The summed E-state index contributed by atoms with van der Waals surface area (Å²) in [4.78, 5) is 12.2. The van der Waals surface area contributed by atoms with E-state index in [0.29, 0.717) is 28.0 Å². The van der Waals surface area contributed by atoms with E-state index in [1.807, 2.05) is 6.07 Å². The summed E-state index contributed by atoms with van der Waals surface area (Å²) in [5.41, 5.74) is 2.27. The van der Waals surface area contributed by atoms with Crippen LogP contribution in [0.2, 0.25) is 0 Å². The molecule has 142 valence electrons. The highest BCUT2D eigenvalue weighted by molar-refractivity contribution is 8.16. The Bertz CT molecular complexity index is 732. The van der Waals surface area contributed by atoms with Crippen molar-refractivity contribution in [1.29, 1.82) is 0 Å². The van der Waals surface area contributed by atoms with Crippen LogP contribution in [-0.2, 0) is 10.2 Å². The van der Waals surface area contributed by atoms with Gasteiger partial charge in [-0.2, -0.15) is 4.58 Å². The van der Waals surface area contributed by atoms with Gasteiger partial charge in [-0.25, -0.2) is 4.79 Å². The largest absolute Gasteiger partial charge is 0.473 e. The van der Waals surface area contributed by atoms with E-state index in [-0.39, 0.29) is 11.5 Å². The second-order valence-electron chi connectivity index (χ2n) is 9.28. The van der Waals surface area contributed by atoms with Gasteiger partial charge < -0.3 is 5.11 Å². The number of rotatable bonds is 3. The van der Waals surface area contributed by atoms with Crippen LogP contribution >= 0.6 is 11.8 Å². The third-order valence-electron chi connectivity index (χ3n) is 6.07. The average molecular weight is 375 g/mol. The molecule has 2 aliphatic rings. The molecule has 0 aromatic heterocycles. The normalized spacial score (nSPS) is 29.2. The summed E-state index contributed by atoms with van der Waals surface area (Å²) in [6.07, 6.45) is 2.38. The van der Waals surface area contributed by atoms with E-state index >= 15 is 0 Å². The summed E-state index contributed by atoms with van der Waals surface area (Å²) < 4.78 is 2.18. The van der Waals surface area contributed by atoms with Crippen molar-refractivity contribution >= 4 is 28.5 Å². The van der Waals surface area contributed by atoms with Gasteiger partial charge in [0.05, 0.1) is 5.25 Å². The zero-order chi connectivity index (χ0) is 19.2. The van der Waals surface area contributed by atoms with Crippen LogP contribution in [-0.4, -0.2) is 32.0 Å². The van der Waals surface area contributed by atoms with Crippen LogP contribution < -0.4 is 0 Å². The first-order valence-electron chi connectivity index (χ1n) is 9.78. The smallest absolute Gasteiger partial charge is 0.408 e. The summed E-state index contributed by atoms with van der Waals surface area (Å²) >= 11 is 1.61. The molecule has 3 nitrogen and oxygen atoms in total. The van der Waals surface area contributed by atoms with Gasteiger partial charge in [0.25, 0.3) is 0 Å². The second kappa shape index (κ2) is 7.03. The quantitative estimate of drug-likeness (QED) is 0.730. The van der Waals surface area contributed by atoms with E-state index in [2.05, 4.69) is 64.3 Å². The second-order valence-corrected chi connectivity index (χ2v) is 10.4. The number of hydrogen-bond donors (Lipinski definition) is 1. The molecule has 26 heavy (non-hydrogen) atoms. The highest BCUT2D eigenvalue weighted by atomic mass is 32.2. The van der Waals surface area contributed by atoms with E-state index < -0.39 is 5.97 Å². The predicted octanol–water partition coefficient (Wildman–Crippen LogP) is 5.30. The summed E-state index contributed by atoms with van der Waals surface area (Å²) in [6, 6.07) is 8.62. The minimum atomic E-state index is -0.789. The number of hydrogen-bond acceptors (Lipinski definition) is 2.